The zero-order valence-electron chi connectivity index (χ0n) is 18.9. The van der Waals surface area contributed by atoms with Crippen LogP contribution in [0.4, 0.5) is 15.2 Å². The molecule has 2 aromatic carbocycles. The summed E-state index contributed by atoms with van der Waals surface area (Å²) in [5.41, 5.74) is 2.70. The molecule has 0 radical (unpaired) electrons. The van der Waals surface area contributed by atoms with Crippen LogP contribution in [0.15, 0.2) is 47.4 Å². The quantitative estimate of drug-likeness (QED) is 0.517. The highest BCUT2D eigenvalue weighted by molar-refractivity contribution is 7.72. The number of nitrogens with zero attached hydrogens (tertiary/aromatic N) is 2. The van der Waals surface area contributed by atoms with E-state index in [1.54, 1.807) is 4.90 Å². The number of carbonyl (C=O) groups is 2. The first kappa shape index (κ1) is 24.0. The highest BCUT2D eigenvalue weighted by Gasteiger charge is 2.30. The number of thiazole rings is 1. The zero-order valence-corrected chi connectivity index (χ0v) is 20.6. The molecule has 0 unspecified atom stereocenters. The van der Waals surface area contributed by atoms with Crippen LogP contribution in [0.1, 0.15) is 47.3 Å². The third-order valence-corrected chi connectivity index (χ3v) is 7.30. The molecule has 34 heavy (non-hydrogen) atoms. The maximum absolute atomic E-state index is 14.1. The number of benzene rings is 2. The molecular weight excluding hydrogens is 477 g/mol. The van der Waals surface area contributed by atoms with Crippen LogP contribution in [-0.2, 0) is 33.8 Å². The Bertz CT molecular complexity index is 1330. The second-order valence-electron chi connectivity index (χ2n) is 9.06. The van der Waals surface area contributed by atoms with Gasteiger partial charge in [0.2, 0.25) is 5.91 Å². The summed E-state index contributed by atoms with van der Waals surface area (Å²) < 4.78 is 36.1. The summed E-state index contributed by atoms with van der Waals surface area (Å²) in [7, 11) is -2.90. The van der Waals surface area contributed by atoms with E-state index in [0.717, 1.165) is 23.1 Å². The van der Waals surface area contributed by atoms with Gasteiger partial charge in [-0.2, -0.15) is 0 Å². The average Bonchev–Trinajstić information content (AvgIpc) is 3.18. The van der Waals surface area contributed by atoms with Crippen molar-refractivity contribution in [1.29, 1.82) is 0 Å². The molecule has 0 saturated heterocycles. The van der Waals surface area contributed by atoms with E-state index in [4.69, 9.17) is 0 Å². The molecule has 0 atom stereocenters. The molecule has 2 amide bonds. The van der Waals surface area contributed by atoms with Crippen molar-refractivity contribution in [3.05, 3.63) is 70.0 Å². The third kappa shape index (κ3) is 5.02. The molecule has 0 spiro atoms. The maximum atomic E-state index is 14.1. The van der Waals surface area contributed by atoms with Crippen molar-refractivity contribution in [1.82, 2.24) is 4.98 Å². The highest BCUT2D eigenvalue weighted by Crippen LogP contribution is 2.32. The van der Waals surface area contributed by atoms with Gasteiger partial charge in [-0.1, -0.05) is 50.3 Å². The lowest BCUT2D eigenvalue weighted by Crippen LogP contribution is -2.36. The first-order valence-electron chi connectivity index (χ1n) is 10.7. The predicted molar refractivity (Wildman–Crippen MR) is 130 cm³/mol. The number of rotatable bonds is 5. The van der Waals surface area contributed by atoms with Crippen LogP contribution in [-0.4, -0.2) is 31.8 Å². The monoisotopic (exact) mass is 501 g/mol. The normalized spacial score (nSPS) is 13.8. The number of fused-ring (bicyclic) bond motifs is 1. The van der Waals surface area contributed by atoms with Crippen molar-refractivity contribution in [3.8, 4) is 0 Å². The number of halogens is 1. The van der Waals surface area contributed by atoms with Crippen LogP contribution >= 0.6 is 11.3 Å². The van der Waals surface area contributed by atoms with Gasteiger partial charge >= 0.3 is 0 Å². The second-order valence-corrected chi connectivity index (χ2v) is 11.1. The fraction of sp³-hybridized carbons (Fsp3) is 0.292. The van der Waals surface area contributed by atoms with Gasteiger partial charge in [-0.05, 0) is 40.8 Å². The second kappa shape index (κ2) is 9.27. The van der Waals surface area contributed by atoms with Crippen molar-refractivity contribution in [3.63, 3.8) is 0 Å². The molecule has 1 aromatic heterocycles. The summed E-state index contributed by atoms with van der Waals surface area (Å²) in [6.07, 6.45) is 0.268. The molecule has 7 nitrogen and oxygen atoms in total. The van der Waals surface area contributed by atoms with Gasteiger partial charge in [-0.3, -0.25) is 9.59 Å². The van der Waals surface area contributed by atoms with Crippen LogP contribution in [0.3, 0.4) is 0 Å². The number of carbonyl (C=O) groups excluding carboxylic acids is 2. The van der Waals surface area contributed by atoms with Crippen LogP contribution in [0.2, 0.25) is 0 Å². The van der Waals surface area contributed by atoms with E-state index in [1.165, 1.54) is 17.7 Å². The Morgan fingerprint density at radius 2 is 1.88 bits per heavy atom. The summed E-state index contributed by atoms with van der Waals surface area (Å²) >= 11 is 1.09. The number of hydrogen-bond acceptors (Lipinski definition) is 6. The lowest BCUT2D eigenvalue weighted by Gasteiger charge is -2.27. The number of anilines is 2. The minimum Gasteiger partial charge on any atom is -0.307 e. The van der Waals surface area contributed by atoms with E-state index < -0.39 is 22.4 Å². The lowest BCUT2D eigenvalue weighted by atomic mass is 9.87. The molecule has 4 rings (SSSR count). The van der Waals surface area contributed by atoms with Gasteiger partial charge in [0.05, 0.1) is 17.0 Å². The SMILES string of the molecule is CC(C)(C)c1ccc(N2CCc3nc(NC(=O)Cc4ccc([SH](=O)=O)cc4F)sc3C2=O)cc1. The Morgan fingerprint density at radius 1 is 1.18 bits per heavy atom. The average molecular weight is 502 g/mol. The minimum absolute atomic E-state index is 0.0165. The number of nitrogens with one attached hydrogen (secondary N) is 1. The third-order valence-electron chi connectivity index (χ3n) is 5.60. The van der Waals surface area contributed by atoms with Gasteiger partial charge in [0.25, 0.3) is 5.91 Å². The highest BCUT2D eigenvalue weighted by atomic mass is 32.2. The molecule has 0 saturated carbocycles. The maximum Gasteiger partial charge on any atom is 0.270 e. The van der Waals surface area contributed by atoms with E-state index in [9.17, 15) is 22.4 Å². The number of amides is 2. The van der Waals surface area contributed by atoms with Gasteiger partial charge in [-0.15, -0.1) is 0 Å². The van der Waals surface area contributed by atoms with Crippen LogP contribution < -0.4 is 10.2 Å². The van der Waals surface area contributed by atoms with Gasteiger partial charge in [0, 0.05) is 18.7 Å². The standard InChI is InChI=1S/C24H24FN3O4S2/c1-24(2,3)15-5-7-16(8-6-15)28-11-10-19-21(22(28)30)33-23(26-19)27-20(29)12-14-4-9-17(34(31)32)13-18(14)25/h4-9,13,34H,10-12H2,1-3H3,(H,26,27,29). The molecule has 1 aliphatic heterocycles. The van der Waals surface area contributed by atoms with Crippen molar-refractivity contribution in [2.24, 2.45) is 0 Å². The summed E-state index contributed by atoms with van der Waals surface area (Å²) in [5.74, 6) is -1.45. The Labute approximate surface area is 202 Å². The van der Waals surface area contributed by atoms with Gasteiger partial charge < -0.3 is 10.2 Å². The van der Waals surface area contributed by atoms with Crippen LogP contribution in [0.25, 0.3) is 0 Å². The van der Waals surface area contributed by atoms with Gasteiger partial charge in [0.15, 0.2) is 15.8 Å². The Balaban J connectivity index is 1.46. The molecule has 3 aromatic rings. The topological polar surface area (TPSA) is 96.4 Å². The predicted octanol–water partition coefficient (Wildman–Crippen LogP) is 3.93. The molecule has 0 bridgehead atoms. The van der Waals surface area contributed by atoms with E-state index in [-0.39, 0.29) is 33.3 Å². The number of thiol groups is 1. The Hall–Kier alpha value is -3.11. The molecule has 0 fully saturated rings. The molecule has 178 valence electrons. The Kier molecular flexibility index (Phi) is 6.55. The summed E-state index contributed by atoms with van der Waals surface area (Å²) in [5, 5.41) is 2.89. The van der Waals surface area contributed by atoms with Crippen LogP contribution in [0.5, 0.6) is 0 Å². The van der Waals surface area contributed by atoms with Crippen molar-refractivity contribution < 1.29 is 22.4 Å². The fourth-order valence-corrected chi connectivity index (χ4v) is 5.09. The van der Waals surface area contributed by atoms with Crippen molar-refractivity contribution in [2.75, 3.05) is 16.8 Å². The van der Waals surface area contributed by atoms with E-state index in [2.05, 4.69) is 31.1 Å². The first-order valence-corrected chi connectivity index (χ1v) is 12.7. The molecule has 0 aliphatic carbocycles. The molecule has 1 N–H and O–H groups in total. The zero-order chi connectivity index (χ0) is 24.6. The first-order chi connectivity index (χ1) is 16.0. The fourth-order valence-electron chi connectivity index (χ4n) is 3.70. The van der Waals surface area contributed by atoms with Gasteiger partial charge in [-0.25, -0.2) is 17.8 Å². The van der Waals surface area contributed by atoms with E-state index in [0.29, 0.717) is 23.5 Å². The number of hydrogen-bond donors (Lipinski definition) is 2. The molecule has 10 heteroatoms. The van der Waals surface area contributed by atoms with Gasteiger partial charge in [0.1, 0.15) is 10.7 Å². The minimum atomic E-state index is -2.90. The number of aromatic nitrogens is 1. The molecule has 1 aliphatic rings. The summed E-state index contributed by atoms with van der Waals surface area (Å²) in [6, 6.07) is 11.3. The molecular formula is C24H24FN3O4S2. The molecule has 2 heterocycles. The van der Waals surface area contributed by atoms with Crippen LogP contribution in [0, 0.1) is 5.82 Å². The summed E-state index contributed by atoms with van der Waals surface area (Å²) in [6.45, 7) is 6.88. The lowest BCUT2D eigenvalue weighted by molar-refractivity contribution is -0.115. The smallest absolute Gasteiger partial charge is 0.270 e. The van der Waals surface area contributed by atoms with Crippen molar-refractivity contribution in [2.45, 2.75) is 43.9 Å². The van der Waals surface area contributed by atoms with E-state index in [1.807, 2.05) is 24.3 Å². The van der Waals surface area contributed by atoms with Crippen molar-refractivity contribution >= 4 is 44.7 Å². The summed E-state index contributed by atoms with van der Waals surface area (Å²) in [4.78, 5) is 31.9. The van der Waals surface area contributed by atoms with E-state index >= 15 is 0 Å². The largest absolute Gasteiger partial charge is 0.307 e. The Morgan fingerprint density at radius 3 is 2.50 bits per heavy atom.